The van der Waals surface area contributed by atoms with Crippen LogP contribution in [0.3, 0.4) is 0 Å². The van der Waals surface area contributed by atoms with E-state index in [0.717, 1.165) is 43.8 Å². The molecule has 1 aliphatic heterocycles. The maximum Gasteiger partial charge on any atom is 0.226 e. The zero-order chi connectivity index (χ0) is 25.2. The van der Waals surface area contributed by atoms with Gasteiger partial charge in [0.25, 0.3) is 0 Å². The average Bonchev–Trinajstić information content (AvgIpc) is 2.86. The van der Waals surface area contributed by atoms with Gasteiger partial charge in [0.2, 0.25) is 5.91 Å². The highest BCUT2D eigenvalue weighted by Gasteiger charge is 2.52. The number of aliphatic hydroxyl groups is 1. The van der Waals surface area contributed by atoms with Crippen LogP contribution < -0.4 is 4.74 Å². The molecule has 2 aliphatic rings. The van der Waals surface area contributed by atoms with Gasteiger partial charge < -0.3 is 14.7 Å². The molecule has 188 valence electrons. The Morgan fingerprint density at radius 2 is 2.09 bits per heavy atom. The van der Waals surface area contributed by atoms with Gasteiger partial charge in [0.15, 0.2) is 0 Å². The average molecular weight is 517 g/mol. The Morgan fingerprint density at radius 3 is 2.80 bits per heavy atom. The third-order valence-corrected chi connectivity index (χ3v) is 8.67. The lowest BCUT2D eigenvalue weighted by atomic mass is 9.56. The lowest BCUT2D eigenvalue weighted by Crippen LogP contribution is -2.61. The van der Waals surface area contributed by atoms with Crippen molar-refractivity contribution in [1.29, 1.82) is 0 Å². The fraction of sp³-hybridized carbons (Fsp3) is 0.464. The summed E-state index contributed by atoms with van der Waals surface area (Å²) in [5, 5.41) is 12.4. The predicted molar refractivity (Wildman–Crippen MR) is 141 cm³/mol. The van der Waals surface area contributed by atoms with Crippen molar-refractivity contribution in [2.75, 3.05) is 33.8 Å². The molecule has 2 fully saturated rings. The number of piperidine rings is 1. The summed E-state index contributed by atoms with van der Waals surface area (Å²) in [7, 11) is 3.53. The SMILES string of the molecule is C=CCN1CCC2(c3cccc(OC)c3)CC(N(C)C(=O)Cc3ccc(Cl)c(Cl)c3)CC(O)C2C1. The van der Waals surface area contributed by atoms with Crippen LogP contribution in [0.5, 0.6) is 5.75 Å². The zero-order valence-electron chi connectivity index (χ0n) is 20.4. The van der Waals surface area contributed by atoms with E-state index in [1.165, 1.54) is 5.56 Å². The molecule has 1 aliphatic carbocycles. The van der Waals surface area contributed by atoms with Gasteiger partial charge in [0.1, 0.15) is 5.75 Å². The van der Waals surface area contributed by atoms with Crippen LogP contribution in [-0.4, -0.2) is 66.8 Å². The molecule has 4 rings (SSSR count). The van der Waals surface area contributed by atoms with Crippen molar-refractivity contribution in [3.63, 3.8) is 0 Å². The maximum absolute atomic E-state index is 13.3. The van der Waals surface area contributed by atoms with E-state index in [1.807, 2.05) is 36.2 Å². The number of carbonyl (C=O) groups is 1. The highest BCUT2D eigenvalue weighted by Crippen LogP contribution is 2.50. The molecule has 1 heterocycles. The lowest BCUT2D eigenvalue weighted by molar-refractivity contribution is -0.135. The van der Waals surface area contributed by atoms with E-state index in [1.54, 1.807) is 19.2 Å². The van der Waals surface area contributed by atoms with Crippen molar-refractivity contribution in [2.45, 2.75) is 43.2 Å². The Bertz CT molecular complexity index is 1080. The van der Waals surface area contributed by atoms with Gasteiger partial charge in [-0.05, 0) is 61.2 Å². The molecular formula is C28H34Cl2N2O3. The molecule has 1 saturated carbocycles. The normalized spacial score (nSPS) is 26.6. The summed E-state index contributed by atoms with van der Waals surface area (Å²) in [6.07, 6.45) is 3.90. The van der Waals surface area contributed by atoms with Crippen LogP contribution in [0.15, 0.2) is 55.1 Å². The van der Waals surface area contributed by atoms with Gasteiger partial charge in [-0.1, -0.05) is 47.5 Å². The van der Waals surface area contributed by atoms with Gasteiger partial charge in [0, 0.05) is 37.5 Å². The quantitative estimate of drug-likeness (QED) is 0.527. The largest absolute Gasteiger partial charge is 0.497 e. The van der Waals surface area contributed by atoms with E-state index in [0.29, 0.717) is 16.5 Å². The van der Waals surface area contributed by atoms with Crippen molar-refractivity contribution in [2.24, 2.45) is 5.92 Å². The van der Waals surface area contributed by atoms with Crippen molar-refractivity contribution >= 4 is 29.1 Å². The first kappa shape index (κ1) is 26.0. The molecule has 1 saturated heterocycles. The number of amides is 1. The minimum Gasteiger partial charge on any atom is -0.497 e. The first-order chi connectivity index (χ1) is 16.8. The van der Waals surface area contributed by atoms with Gasteiger partial charge >= 0.3 is 0 Å². The Labute approximate surface area is 218 Å². The number of halogens is 2. The molecule has 1 amide bonds. The highest BCUT2D eigenvalue weighted by molar-refractivity contribution is 6.42. The smallest absolute Gasteiger partial charge is 0.226 e. The third-order valence-electron chi connectivity index (χ3n) is 7.93. The predicted octanol–water partition coefficient (Wildman–Crippen LogP) is 4.97. The molecule has 0 bridgehead atoms. The molecule has 2 aromatic carbocycles. The summed E-state index contributed by atoms with van der Waals surface area (Å²) >= 11 is 12.2. The Morgan fingerprint density at radius 1 is 1.29 bits per heavy atom. The number of aliphatic hydroxyl groups excluding tert-OH is 1. The molecule has 4 unspecified atom stereocenters. The second kappa shape index (κ2) is 10.9. The van der Waals surface area contributed by atoms with Crippen LogP contribution in [0, 0.1) is 5.92 Å². The summed E-state index contributed by atoms with van der Waals surface area (Å²) < 4.78 is 5.53. The van der Waals surface area contributed by atoms with E-state index >= 15 is 0 Å². The van der Waals surface area contributed by atoms with Crippen LogP contribution in [0.2, 0.25) is 10.0 Å². The fourth-order valence-corrected chi connectivity index (χ4v) is 6.30. The zero-order valence-corrected chi connectivity index (χ0v) is 21.9. The molecule has 2 aromatic rings. The van der Waals surface area contributed by atoms with Gasteiger partial charge in [-0.15, -0.1) is 6.58 Å². The first-order valence-electron chi connectivity index (χ1n) is 12.1. The number of nitrogens with zero attached hydrogens (tertiary/aromatic N) is 2. The monoisotopic (exact) mass is 516 g/mol. The summed E-state index contributed by atoms with van der Waals surface area (Å²) in [5.41, 5.74) is 1.76. The minimum atomic E-state index is -0.521. The van der Waals surface area contributed by atoms with Crippen molar-refractivity contribution in [1.82, 2.24) is 9.80 Å². The standard InChI is InChI=1S/C28H34Cl2N2O3/c1-4-11-32-12-10-28(20-6-5-7-22(15-20)35-3)17-21(16-26(33)23(28)18-32)31(2)27(34)14-19-8-9-24(29)25(30)13-19/h4-9,13,15,21,23,26,33H,1,10-12,14,16-18H2,2-3H3. The molecular weight excluding hydrogens is 483 g/mol. The van der Waals surface area contributed by atoms with Gasteiger partial charge in [-0.3, -0.25) is 9.69 Å². The molecule has 5 nitrogen and oxygen atoms in total. The summed E-state index contributed by atoms with van der Waals surface area (Å²) in [5.74, 6) is 0.881. The fourth-order valence-electron chi connectivity index (χ4n) is 5.98. The van der Waals surface area contributed by atoms with Crippen LogP contribution in [0.1, 0.15) is 30.4 Å². The Hall–Kier alpha value is -2.05. The van der Waals surface area contributed by atoms with E-state index in [-0.39, 0.29) is 29.7 Å². The van der Waals surface area contributed by atoms with E-state index < -0.39 is 6.10 Å². The number of hydrogen-bond donors (Lipinski definition) is 1. The molecule has 0 aromatic heterocycles. The number of likely N-dealkylation sites (N-methyl/N-ethyl adjacent to an activating group) is 1. The number of ether oxygens (including phenoxy) is 1. The molecule has 1 N–H and O–H groups in total. The van der Waals surface area contributed by atoms with E-state index in [9.17, 15) is 9.90 Å². The molecule has 0 spiro atoms. The van der Waals surface area contributed by atoms with Crippen molar-refractivity contribution < 1.29 is 14.6 Å². The number of rotatable bonds is 7. The number of benzene rings is 2. The third kappa shape index (κ3) is 5.39. The second-order valence-corrected chi connectivity index (χ2v) is 10.7. The summed E-state index contributed by atoms with van der Waals surface area (Å²) in [4.78, 5) is 17.5. The molecule has 0 radical (unpaired) electrons. The van der Waals surface area contributed by atoms with E-state index in [2.05, 4.69) is 23.6 Å². The first-order valence-corrected chi connectivity index (χ1v) is 12.9. The minimum absolute atomic E-state index is 0.00363. The molecule has 35 heavy (non-hydrogen) atoms. The molecule has 7 heteroatoms. The Balaban J connectivity index is 1.61. The van der Waals surface area contributed by atoms with Crippen molar-refractivity contribution in [3.05, 3.63) is 76.3 Å². The second-order valence-electron chi connectivity index (χ2n) is 9.88. The topological polar surface area (TPSA) is 53.0 Å². The van der Waals surface area contributed by atoms with Crippen LogP contribution in [-0.2, 0) is 16.6 Å². The Kier molecular flexibility index (Phi) is 8.12. The number of methoxy groups -OCH3 is 1. The number of fused-ring (bicyclic) bond motifs is 1. The van der Waals surface area contributed by atoms with Crippen molar-refractivity contribution in [3.8, 4) is 5.75 Å². The van der Waals surface area contributed by atoms with Crippen LogP contribution >= 0.6 is 23.2 Å². The number of hydrogen-bond acceptors (Lipinski definition) is 4. The summed E-state index contributed by atoms with van der Waals surface area (Å²) in [6.45, 7) is 6.42. The highest BCUT2D eigenvalue weighted by atomic mass is 35.5. The van der Waals surface area contributed by atoms with Gasteiger partial charge in [-0.25, -0.2) is 0 Å². The maximum atomic E-state index is 13.3. The van der Waals surface area contributed by atoms with Crippen LogP contribution in [0.4, 0.5) is 0 Å². The van der Waals surface area contributed by atoms with Crippen LogP contribution in [0.25, 0.3) is 0 Å². The number of carbonyl (C=O) groups excluding carboxylic acids is 1. The number of likely N-dealkylation sites (tertiary alicyclic amines) is 1. The van der Waals surface area contributed by atoms with Gasteiger partial charge in [0.05, 0.1) is 29.7 Å². The van der Waals surface area contributed by atoms with Gasteiger partial charge in [-0.2, -0.15) is 0 Å². The summed E-state index contributed by atoms with van der Waals surface area (Å²) in [6, 6.07) is 13.4. The van der Waals surface area contributed by atoms with E-state index in [4.69, 9.17) is 27.9 Å². The molecule has 4 atom stereocenters. The lowest BCUT2D eigenvalue weighted by Gasteiger charge is -2.56.